The van der Waals surface area contributed by atoms with Crippen molar-refractivity contribution in [3.8, 4) is 0 Å². The Morgan fingerprint density at radius 2 is 2.25 bits per heavy atom. The van der Waals surface area contributed by atoms with E-state index in [1.165, 1.54) is 5.56 Å². The van der Waals surface area contributed by atoms with Crippen molar-refractivity contribution in [1.29, 1.82) is 0 Å². The Balaban J connectivity index is 1.92. The number of nitrogens with one attached hydrogen (secondary N) is 2. The summed E-state index contributed by atoms with van der Waals surface area (Å²) in [6.07, 6.45) is 0.993. The Morgan fingerprint density at radius 3 is 2.90 bits per heavy atom. The standard InChI is InChI=1S/C16H24N2O2/c1-11(2)17-9-13-5-4-6-15(8-13)18-16(19)14-7-12(3)20-10-14/h4-6,8,11-12,14,17H,7,9-10H2,1-3H3,(H,18,19). The summed E-state index contributed by atoms with van der Waals surface area (Å²) in [4.78, 5) is 12.1. The fourth-order valence-electron chi connectivity index (χ4n) is 2.33. The molecule has 0 saturated carbocycles. The Morgan fingerprint density at radius 1 is 1.45 bits per heavy atom. The van der Waals surface area contributed by atoms with Crippen molar-refractivity contribution in [1.82, 2.24) is 5.32 Å². The number of hydrogen-bond donors (Lipinski definition) is 2. The minimum atomic E-state index is -0.0255. The molecule has 1 saturated heterocycles. The lowest BCUT2D eigenvalue weighted by Gasteiger charge is -2.12. The van der Waals surface area contributed by atoms with E-state index >= 15 is 0 Å². The van der Waals surface area contributed by atoms with Crippen LogP contribution in [0.5, 0.6) is 0 Å². The lowest BCUT2D eigenvalue weighted by molar-refractivity contribution is -0.119. The first-order valence-corrected chi connectivity index (χ1v) is 7.29. The molecule has 0 aliphatic carbocycles. The van der Waals surface area contributed by atoms with E-state index in [0.29, 0.717) is 12.6 Å². The van der Waals surface area contributed by atoms with E-state index in [-0.39, 0.29) is 17.9 Å². The van der Waals surface area contributed by atoms with Crippen molar-refractivity contribution in [3.63, 3.8) is 0 Å². The van der Waals surface area contributed by atoms with Gasteiger partial charge in [-0.3, -0.25) is 4.79 Å². The van der Waals surface area contributed by atoms with Gasteiger partial charge >= 0.3 is 0 Å². The van der Waals surface area contributed by atoms with E-state index in [2.05, 4.69) is 30.5 Å². The van der Waals surface area contributed by atoms with Crippen LogP contribution in [0.15, 0.2) is 24.3 Å². The van der Waals surface area contributed by atoms with Crippen LogP contribution < -0.4 is 10.6 Å². The van der Waals surface area contributed by atoms with Gasteiger partial charge in [-0.05, 0) is 31.0 Å². The van der Waals surface area contributed by atoms with Gasteiger partial charge < -0.3 is 15.4 Å². The average Bonchev–Trinajstić information content (AvgIpc) is 2.84. The van der Waals surface area contributed by atoms with E-state index in [0.717, 1.165) is 18.7 Å². The summed E-state index contributed by atoms with van der Waals surface area (Å²) in [6.45, 7) is 7.58. The maximum Gasteiger partial charge on any atom is 0.229 e. The molecule has 1 aliphatic heterocycles. The molecular formula is C16H24N2O2. The summed E-state index contributed by atoms with van der Waals surface area (Å²) < 4.78 is 5.44. The fraction of sp³-hybridized carbons (Fsp3) is 0.562. The smallest absolute Gasteiger partial charge is 0.229 e. The van der Waals surface area contributed by atoms with Crippen molar-refractivity contribution >= 4 is 11.6 Å². The first-order chi connectivity index (χ1) is 9.54. The molecule has 2 N–H and O–H groups in total. The molecule has 1 heterocycles. The van der Waals surface area contributed by atoms with E-state index in [1.807, 2.05) is 25.1 Å². The Labute approximate surface area is 120 Å². The summed E-state index contributed by atoms with van der Waals surface area (Å²) in [6, 6.07) is 8.43. The highest BCUT2D eigenvalue weighted by atomic mass is 16.5. The maximum absolute atomic E-state index is 12.1. The number of benzene rings is 1. The molecular weight excluding hydrogens is 252 g/mol. The number of ether oxygens (including phenoxy) is 1. The third-order valence-electron chi connectivity index (χ3n) is 3.48. The molecule has 1 aromatic rings. The van der Waals surface area contributed by atoms with Gasteiger partial charge in [0, 0.05) is 18.3 Å². The van der Waals surface area contributed by atoms with E-state index in [4.69, 9.17) is 4.74 Å². The monoisotopic (exact) mass is 276 g/mol. The molecule has 0 spiro atoms. The van der Waals surface area contributed by atoms with Gasteiger partial charge in [0.2, 0.25) is 5.91 Å². The van der Waals surface area contributed by atoms with Gasteiger partial charge in [-0.2, -0.15) is 0 Å². The first kappa shape index (κ1) is 15.0. The van der Waals surface area contributed by atoms with E-state index in [9.17, 15) is 4.79 Å². The molecule has 1 aromatic carbocycles. The lowest BCUT2D eigenvalue weighted by Crippen LogP contribution is -2.24. The van der Waals surface area contributed by atoms with Crippen LogP contribution in [0.3, 0.4) is 0 Å². The van der Waals surface area contributed by atoms with Gasteiger partial charge in [0.15, 0.2) is 0 Å². The van der Waals surface area contributed by atoms with Crippen LogP contribution in [0, 0.1) is 5.92 Å². The highest BCUT2D eigenvalue weighted by Gasteiger charge is 2.28. The molecule has 0 bridgehead atoms. The van der Waals surface area contributed by atoms with Crippen LogP contribution in [0.1, 0.15) is 32.8 Å². The van der Waals surface area contributed by atoms with Gasteiger partial charge in [-0.1, -0.05) is 26.0 Å². The number of rotatable bonds is 5. The molecule has 2 atom stereocenters. The van der Waals surface area contributed by atoms with Crippen LogP contribution in [0.4, 0.5) is 5.69 Å². The predicted molar refractivity (Wildman–Crippen MR) is 80.6 cm³/mol. The topological polar surface area (TPSA) is 50.4 Å². The number of hydrogen-bond acceptors (Lipinski definition) is 3. The van der Waals surface area contributed by atoms with Gasteiger partial charge in [-0.15, -0.1) is 0 Å². The quantitative estimate of drug-likeness (QED) is 0.869. The van der Waals surface area contributed by atoms with Crippen molar-refractivity contribution in [2.45, 2.75) is 45.9 Å². The molecule has 1 amide bonds. The molecule has 2 rings (SSSR count). The molecule has 0 aromatic heterocycles. The number of anilines is 1. The van der Waals surface area contributed by atoms with Crippen molar-refractivity contribution in [2.24, 2.45) is 5.92 Å². The summed E-state index contributed by atoms with van der Waals surface area (Å²) >= 11 is 0. The highest BCUT2D eigenvalue weighted by Crippen LogP contribution is 2.21. The number of carbonyl (C=O) groups excluding carboxylic acids is 1. The zero-order chi connectivity index (χ0) is 14.5. The van der Waals surface area contributed by atoms with E-state index < -0.39 is 0 Å². The normalized spacial score (nSPS) is 22.2. The Bertz CT molecular complexity index is 460. The van der Waals surface area contributed by atoms with Crippen LogP contribution in [0.2, 0.25) is 0 Å². The van der Waals surface area contributed by atoms with Crippen LogP contribution in [-0.4, -0.2) is 24.7 Å². The van der Waals surface area contributed by atoms with Crippen molar-refractivity contribution in [3.05, 3.63) is 29.8 Å². The van der Waals surface area contributed by atoms with Crippen LogP contribution in [-0.2, 0) is 16.1 Å². The zero-order valence-corrected chi connectivity index (χ0v) is 12.5. The summed E-state index contributed by atoms with van der Waals surface area (Å²) in [7, 11) is 0. The van der Waals surface area contributed by atoms with Crippen LogP contribution >= 0.6 is 0 Å². The third-order valence-corrected chi connectivity index (χ3v) is 3.48. The number of carbonyl (C=O) groups is 1. The SMILES string of the molecule is CC(C)NCc1cccc(NC(=O)C2COC(C)C2)c1. The third kappa shape index (κ3) is 4.32. The fourth-order valence-corrected chi connectivity index (χ4v) is 2.33. The highest BCUT2D eigenvalue weighted by molar-refractivity contribution is 5.92. The second-order valence-corrected chi connectivity index (χ2v) is 5.80. The predicted octanol–water partition coefficient (Wildman–Crippen LogP) is 2.55. The van der Waals surface area contributed by atoms with Gasteiger partial charge in [0.25, 0.3) is 0 Å². The molecule has 4 nitrogen and oxygen atoms in total. The van der Waals surface area contributed by atoms with Crippen LogP contribution in [0.25, 0.3) is 0 Å². The summed E-state index contributed by atoms with van der Waals surface area (Å²) in [5.41, 5.74) is 2.03. The van der Waals surface area contributed by atoms with Crippen molar-refractivity contribution < 1.29 is 9.53 Å². The second kappa shape index (κ2) is 6.86. The summed E-state index contributed by atoms with van der Waals surface area (Å²) in [5, 5.41) is 6.36. The molecule has 0 radical (unpaired) electrons. The molecule has 2 unspecified atom stereocenters. The second-order valence-electron chi connectivity index (χ2n) is 5.80. The molecule has 1 fully saturated rings. The largest absolute Gasteiger partial charge is 0.378 e. The minimum Gasteiger partial charge on any atom is -0.378 e. The van der Waals surface area contributed by atoms with Gasteiger partial charge in [-0.25, -0.2) is 0 Å². The first-order valence-electron chi connectivity index (χ1n) is 7.29. The lowest BCUT2D eigenvalue weighted by atomic mass is 10.1. The number of amides is 1. The Hall–Kier alpha value is -1.39. The summed E-state index contributed by atoms with van der Waals surface area (Å²) in [5.74, 6) is 0.0331. The van der Waals surface area contributed by atoms with Crippen molar-refractivity contribution in [2.75, 3.05) is 11.9 Å². The molecule has 110 valence electrons. The van der Waals surface area contributed by atoms with E-state index in [1.54, 1.807) is 0 Å². The molecule has 20 heavy (non-hydrogen) atoms. The van der Waals surface area contributed by atoms with Gasteiger partial charge in [0.05, 0.1) is 18.6 Å². The molecule has 4 heteroatoms. The maximum atomic E-state index is 12.1. The minimum absolute atomic E-state index is 0.0255. The Kier molecular flexibility index (Phi) is 5.15. The molecule has 1 aliphatic rings. The average molecular weight is 276 g/mol. The zero-order valence-electron chi connectivity index (χ0n) is 12.5. The van der Waals surface area contributed by atoms with Gasteiger partial charge in [0.1, 0.15) is 0 Å².